The maximum absolute atomic E-state index is 6.18. The first-order valence-electron chi connectivity index (χ1n) is 7.39. The fraction of sp³-hybridized carbons (Fsp3) is 0.333. The minimum atomic E-state index is 0.211. The number of hydrogen-bond acceptors (Lipinski definition) is 2. The fourth-order valence-corrected chi connectivity index (χ4v) is 3.55. The molecule has 102 valence electrons. The first-order chi connectivity index (χ1) is 9.72. The molecule has 20 heavy (non-hydrogen) atoms. The number of benzene rings is 2. The first kappa shape index (κ1) is 12.0. The third-order valence-corrected chi connectivity index (χ3v) is 4.52. The Hall–Kier alpha value is -1.80. The van der Waals surface area contributed by atoms with Crippen LogP contribution in [0.15, 0.2) is 36.4 Å². The van der Waals surface area contributed by atoms with Crippen LogP contribution in [0.5, 0.6) is 5.75 Å². The number of ether oxygens (including phenoxy) is 1. The first-order valence-corrected chi connectivity index (χ1v) is 7.39. The Bertz CT molecular complexity index is 677. The Balaban J connectivity index is 1.82. The Morgan fingerprint density at radius 1 is 1.20 bits per heavy atom. The Labute approximate surface area is 119 Å². The predicted molar refractivity (Wildman–Crippen MR) is 80.9 cm³/mol. The minimum Gasteiger partial charge on any atom is -0.490 e. The van der Waals surface area contributed by atoms with Gasteiger partial charge in [-0.2, -0.15) is 0 Å². The van der Waals surface area contributed by atoms with E-state index < -0.39 is 0 Å². The van der Waals surface area contributed by atoms with Crippen molar-refractivity contribution in [2.24, 2.45) is 5.73 Å². The van der Waals surface area contributed by atoms with Crippen LogP contribution in [0.1, 0.15) is 36.1 Å². The lowest BCUT2D eigenvalue weighted by molar-refractivity contribution is 0.254. The summed E-state index contributed by atoms with van der Waals surface area (Å²) < 4.78 is 5.79. The second-order valence-corrected chi connectivity index (χ2v) is 5.97. The summed E-state index contributed by atoms with van der Waals surface area (Å²) in [6, 6.07) is 13.3. The normalized spacial score (nSPS) is 23.3. The average molecular weight is 265 g/mol. The third kappa shape index (κ3) is 1.75. The molecule has 0 saturated carbocycles. The minimum absolute atomic E-state index is 0.211. The van der Waals surface area contributed by atoms with E-state index in [2.05, 4.69) is 43.3 Å². The van der Waals surface area contributed by atoms with Crippen molar-refractivity contribution in [1.29, 1.82) is 0 Å². The molecule has 2 heteroatoms. The van der Waals surface area contributed by atoms with Crippen LogP contribution >= 0.6 is 0 Å². The van der Waals surface area contributed by atoms with E-state index in [1.54, 1.807) is 0 Å². The van der Waals surface area contributed by atoms with Crippen molar-refractivity contribution in [2.45, 2.75) is 38.3 Å². The molecule has 1 heterocycles. The van der Waals surface area contributed by atoms with Gasteiger partial charge >= 0.3 is 0 Å². The van der Waals surface area contributed by atoms with Crippen LogP contribution in [0.3, 0.4) is 0 Å². The lowest BCUT2D eigenvalue weighted by atomic mass is 9.94. The zero-order chi connectivity index (χ0) is 13.7. The molecule has 2 atom stereocenters. The van der Waals surface area contributed by atoms with Crippen LogP contribution in [-0.4, -0.2) is 6.10 Å². The van der Waals surface area contributed by atoms with Crippen LogP contribution in [0.25, 0.3) is 11.1 Å². The van der Waals surface area contributed by atoms with E-state index in [1.165, 1.54) is 27.8 Å². The van der Waals surface area contributed by atoms with E-state index in [9.17, 15) is 0 Å². The van der Waals surface area contributed by atoms with E-state index in [-0.39, 0.29) is 6.04 Å². The van der Waals surface area contributed by atoms with Crippen LogP contribution in [-0.2, 0) is 12.8 Å². The van der Waals surface area contributed by atoms with Gasteiger partial charge in [-0.3, -0.25) is 0 Å². The highest BCUT2D eigenvalue weighted by molar-refractivity contribution is 5.71. The van der Waals surface area contributed by atoms with E-state index in [1.807, 2.05) is 0 Å². The Morgan fingerprint density at radius 3 is 3.00 bits per heavy atom. The summed E-state index contributed by atoms with van der Waals surface area (Å²) in [6.45, 7) is 2.12. The SMILES string of the molecule is CC1Cc2cc(-c3cccc4c3CCC4N)ccc2O1. The standard InChI is InChI=1S/C18H19NO/c1-11-9-13-10-12(5-8-18(13)20-11)14-3-2-4-16-15(14)6-7-17(16)19/h2-5,8,10-11,17H,6-7,9,19H2,1H3. The van der Waals surface area contributed by atoms with Crippen LogP contribution in [0, 0.1) is 0 Å². The summed E-state index contributed by atoms with van der Waals surface area (Å²) in [6.07, 6.45) is 3.47. The molecule has 2 N–H and O–H groups in total. The molecule has 2 aliphatic rings. The average Bonchev–Trinajstić information content (AvgIpc) is 3.00. The van der Waals surface area contributed by atoms with Crippen molar-refractivity contribution < 1.29 is 4.74 Å². The van der Waals surface area contributed by atoms with Gasteiger partial charge in [-0.1, -0.05) is 24.3 Å². The van der Waals surface area contributed by atoms with Crippen LogP contribution in [0.4, 0.5) is 0 Å². The zero-order valence-corrected chi connectivity index (χ0v) is 11.7. The molecule has 0 aromatic heterocycles. The molecule has 0 fully saturated rings. The van der Waals surface area contributed by atoms with E-state index in [0.29, 0.717) is 6.10 Å². The molecule has 2 aromatic rings. The smallest absolute Gasteiger partial charge is 0.123 e. The monoisotopic (exact) mass is 265 g/mol. The number of nitrogens with two attached hydrogens (primary N) is 1. The van der Waals surface area contributed by atoms with Gasteiger partial charge in [-0.25, -0.2) is 0 Å². The van der Waals surface area contributed by atoms with Crippen LogP contribution < -0.4 is 10.5 Å². The van der Waals surface area contributed by atoms with Gasteiger partial charge in [0, 0.05) is 12.5 Å². The molecule has 0 spiro atoms. The van der Waals surface area contributed by atoms with Gasteiger partial charge in [0.2, 0.25) is 0 Å². The summed E-state index contributed by atoms with van der Waals surface area (Å²) in [4.78, 5) is 0. The lowest BCUT2D eigenvalue weighted by Gasteiger charge is -2.11. The van der Waals surface area contributed by atoms with Gasteiger partial charge in [-0.05, 0) is 59.7 Å². The quantitative estimate of drug-likeness (QED) is 0.854. The summed E-state index contributed by atoms with van der Waals surface area (Å²) in [7, 11) is 0. The maximum atomic E-state index is 6.18. The summed E-state index contributed by atoms with van der Waals surface area (Å²) >= 11 is 0. The number of fused-ring (bicyclic) bond motifs is 2. The van der Waals surface area contributed by atoms with Gasteiger partial charge < -0.3 is 10.5 Å². The van der Waals surface area contributed by atoms with E-state index >= 15 is 0 Å². The van der Waals surface area contributed by atoms with E-state index in [4.69, 9.17) is 10.5 Å². The molecule has 2 nitrogen and oxygen atoms in total. The second-order valence-electron chi connectivity index (χ2n) is 5.97. The lowest BCUT2D eigenvalue weighted by Crippen LogP contribution is -2.05. The molecular formula is C18H19NO. The molecule has 2 unspecified atom stereocenters. The molecule has 0 amide bonds. The maximum Gasteiger partial charge on any atom is 0.123 e. The van der Waals surface area contributed by atoms with Gasteiger partial charge in [0.1, 0.15) is 11.9 Å². The summed E-state index contributed by atoms with van der Waals surface area (Å²) in [5.74, 6) is 1.05. The van der Waals surface area contributed by atoms with Crippen LogP contribution in [0.2, 0.25) is 0 Å². The van der Waals surface area contributed by atoms with Crippen molar-refractivity contribution in [3.63, 3.8) is 0 Å². The molecule has 1 aliphatic carbocycles. The van der Waals surface area contributed by atoms with Crippen molar-refractivity contribution in [3.8, 4) is 16.9 Å². The van der Waals surface area contributed by atoms with E-state index in [0.717, 1.165) is 25.0 Å². The fourth-order valence-electron chi connectivity index (χ4n) is 3.55. The molecule has 2 aromatic carbocycles. The van der Waals surface area contributed by atoms with Gasteiger partial charge in [0.25, 0.3) is 0 Å². The topological polar surface area (TPSA) is 35.2 Å². The Morgan fingerprint density at radius 2 is 2.10 bits per heavy atom. The Kier molecular flexibility index (Phi) is 2.61. The molecular weight excluding hydrogens is 246 g/mol. The highest BCUT2D eigenvalue weighted by atomic mass is 16.5. The van der Waals surface area contributed by atoms with Crippen molar-refractivity contribution >= 4 is 0 Å². The molecule has 0 radical (unpaired) electrons. The predicted octanol–water partition coefficient (Wildman–Crippen LogP) is 3.62. The summed E-state index contributed by atoms with van der Waals surface area (Å²) in [5, 5.41) is 0. The highest BCUT2D eigenvalue weighted by Crippen LogP contribution is 2.39. The molecule has 4 rings (SSSR count). The van der Waals surface area contributed by atoms with Crippen molar-refractivity contribution in [3.05, 3.63) is 53.1 Å². The largest absolute Gasteiger partial charge is 0.490 e. The zero-order valence-electron chi connectivity index (χ0n) is 11.7. The van der Waals surface area contributed by atoms with Gasteiger partial charge in [0.05, 0.1) is 0 Å². The third-order valence-electron chi connectivity index (χ3n) is 4.52. The molecule has 1 aliphatic heterocycles. The van der Waals surface area contributed by atoms with Gasteiger partial charge in [0.15, 0.2) is 0 Å². The molecule has 0 bridgehead atoms. The van der Waals surface area contributed by atoms with Crippen molar-refractivity contribution in [2.75, 3.05) is 0 Å². The molecule has 0 saturated heterocycles. The van der Waals surface area contributed by atoms with Crippen molar-refractivity contribution in [1.82, 2.24) is 0 Å². The number of hydrogen-bond donors (Lipinski definition) is 1. The van der Waals surface area contributed by atoms with Gasteiger partial charge in [-0.15, -0.1) is 0 Å². The summed E-state index contributed by atoms with van der Waals surface area (Å²) in [5.41, 5.74) is 12.9. The number of rotatable bonds is 1. The highest BCUT2D eigenvalue weighted by Gasteiger charge is 2.23. The second kappa shape index (κ2) is 4.35.